The molecule has 1 aliphatic heterocycles. The van der Waals surface area contributed by atoms with E-state index in [9.17, 15) is 4.79 Å². The van der Waals surface area contributed by atoms with Gasteiger partial charge < -0.3 is 14.2 Å². The Balaban J connectivity index is 2.18. The molecular weight excluding hydrogens is 268 g/mol. The summed E-state index contributed by atoms with van der Waals surface area (Å²) in [6, 6.07) is 7.93. The average molecular weight is 290 g/mol. The van der Waals surface area contributed by atoms with Gasteiger partial charge in [-0.25, -0.2) is 0 Å². The van der Waals surface area contributed by atoms with E-state index in [4.69, 9.17) is 14.2 Å². The Labute approximate surface area is 125 Å². The highest BCUT2D eigenvalue weighted by atomic mass is 16.7. The fourth-order valence-corrected chi connectivity index (χ4v) is 2.48. The molecule has 1 unspecified atom stereocenters. The summed E-state index contributed by atoms with van der Waals surface area (Å²) in [6.07, 6.45) is 2.31. The molecule has 1 aliphatic rings. The van der Waals surface area contributed by atoms with Crippen LogP contribution in [0.3, 0.4) is 0 Å². The minimum absolute atomic E-state index is 0.283. The summed E-state index contributed by atoms with van der Waals surface area (Å²) >= 11 is 0. The predicted molar refractivity (Wildman–Crippen MR) is 80.7 cm³/mol. The standard InChI is InChI=1S/C17H22O4/c1-4-13-6-8-14(9-7-13)12-15(16(18)19-5-2)17(3)20-10-11-21-17/h4,6-9,15H,1,5,10-12H2,2-3H3. The second-order valence-corrected chi connectivity index (χ2v) is 5.17. The van der Waals surface area contributed by atoms with Crippen LogP contribution in [0.5, 0.6) is 0 Å². The van der Waals surface area contributed by atoms with Crippen molar-refractivity contribution in [1.82, 2.24) is 0 Å². The number of carbonyl (C=O) groups excluding carboxylic acids is 1. The molecule has 1 fully saturated rings. The quantitative estimate of drug-likeness (QED) is 0.756. The van der Waals surface area contributed by atoms with Crippen LogP contribution in [0.4, 0.5) is 0 Å². The van der Waals surface area contributed by atoms with Gasteiger partial charge in [0.1, 0.15) is 5.92 Å². The number of rotatable bonds is 6. The van der Waals surface area contributed by atoms with Crippen LogP contribution in [0.25, 0.3) is 6.08 Å². The second-order valence-electron chi connectivity index (χ2n) is 5.17. The number of carbonyl (C=O) groups is 1. The van der Waals surface area contributed by atoms with Crippen LogP contribution in [-0.2, 0) is 25.4 Å². The third-order valence-corrected chi connectivity index (χ3v) is 3.72. The van der Waals surface area contributed by atoms with Gasteiger partial charge in [-0.3, -0.25) is 4.79 Å². The van der Waals surface area contributed by atoms with Gasteiger partial charge in [-0.15, -0.1) is 0 Å². The van der Waals surface area contributed by atoms with E-state index in [0.717, 1.165) is 11.1 Å². The van der Waals surface area contributed by atoms with Crippen LogP contribution in [0.2, 0.25) is 0 Å². The van der Waals surface area contributed by atoms with Gasteiger partial charge in [0.2, 0.25) is 0 Å². The number of benzene rings is 1. The molecule has 0 aromatic heterocycles. The molecule has 114 valence electrons. The Hall–Kier alpha value is -1.65. The van der Waals surface area contributed by atoms with Crippen LogP contribution in [0.1, 0.15) is 25.0 Å². The average Bonchev–Trinajstić information content (AvgIpc) is 2.93. The van der Waals surface area contributed by atoms with Crippen molar-refractivity contribution >= 4 is 12.0 Å². The highest BCUT2D eigenvalue weighted by Crippen LogP contribution is 2.31. The van der Waals surface area contributed by atoms with Crippen LogP contribution in [0.15, 0.2) is 30.8 Å². The van der Waals surface area contributed by atoms with Crippen molar-refractivity contribution in [3.05, 3.63) is 42.0 Å². The molecule has 4 heteroatoms. The second kappa shape index (κ2) is 6.87. The molecule has 1 heterocycles. The van der Waals surface area contributed by atoms with Crippen molar-refractivity contribution < 1.29 is 19.0 Å². The van der Waals surface area contributed by atoms with E-state index in [1.165, 1.54) is 0 Å². The highest BCUT2D eigenvalue weighted by Gasteiger charge is 2.45. The largest absolute Gasteiger partial charge is 0.466 e. The number of ether oxygens (including phenoxy) is 3. The van der Waals surface area contributed by atoms with E-state index < -0.39 is 11.7 Å². The summed E-state index contributed by atoms with van der Waals surface area (Å²) in [7, 11) is 0. The Kier molecular flexibility index (Phi) is 5.15. The molecule has 1 aromatic rings. The monoisotopic (exact) mass is 290 g/mol. The topological polar surface area (TPSA) is 44.8 Å². The van der Waals surface area contributed by atoms with E-state index in [1.807, 2.05) is 24.3 Å². The Morgan fingerprint density at radius 3 is 2.52 bits per heavy atom. The molecule has 1 aromatic carbocycles. The fraction of sp³-hybridized carbons (Fsp3) is 0.471. The molecule has 0 saturated carbocycles. The first kappa shape index (κ1) is 15.7. The van der Waals surface area contributed by atoms with Gasteiger partial charge in [-0.1, -0.05) is 36.9 Å². The highest BCUT2D eigenvalue weighted by molar-refractivity contribution is 5.74. The maximum absolute atomic E-state index is 12.3. The van der Waals surface area contributed by atoms with Crippen molar-refractivity contribution in [1.29, 1.82) is 0 Å². The zero-order chi connectivity index (χ0) is 15.3. The molecule has 0 amide bonds. The van der Waals surface area contributed by atoms with Crippen molar-refractivity contribution in [2.24, 2.45) is 5.92 Å². The maximum atomic E-state index is 12.3. The van der Waals surface area contributed by atoms with Crippen LogP contribution < -0.4 is 0 Å². The Morgan fingerprint density at radius 1 is 1.38 bits per heavy atom. The molecule has 4 nitrogen and oxygen atoms in total. The van der Waals surface area contributed by atoms with E-state index >= 15 is 0 Å². The predicted octanol–water partition coefficient (Wildman–Crippen LogP) is 2.81. The fourth-order valence-electron chi connectivity index (χ4n) is 2.48. The molecule has 0 spiro atoms. The lowest BCUT2D eigenvalue weighted by molar-refractivity contribution is -0.200. The van der Waals surface area contributed by atoms with E-state index in [0.29, 0.717) is 26.2 Å². The summed E-state index contributed by atoms with van der Waals surface area (Å²) in [4.78, 5) is 12.3. The van der Waals surface area contributed by atoms with Gasteiger partial charge in [0.25, 0.3) is 0 Å². The van der Waals surface area contributed by atoms with Gasteiger partial charge in [-0.05, 0) is 31.4 Å². The lowest BCUT2D eigenvalue weighted by atomic mass is 9.91. The summed E-state index contributed by atoms with van der Waals surface area (Å²) < 4.78 is 16.5. The molecule has 0 N–H and O–H groups in total. The van der Waals surface area contributed by atoms with Crippen LogP contribution >= 0.6 is 0 Å². The van der Waals surface area contributed by atoms with Crippen molar-refractivity contribution in [3.8, 4) is 0 Å². The molecular formula is C17H22O4. The normalized spacial score (nSPS) is 18.2. The Morgan fingerprint density at radius 2 is 2.00 bits per heavy atom. The van der Waals surface area contributed by atoms with Crippen molar-refractivity contribution in [2.45, 2.75) is 26.1 Å². The summed E-state index contributed by atoms with van der Waals surface area (Å²) in [5.74, 6) is -1.67. The lowest BCUT2D eigenvalue weighted by Gasteiger charge is -2.30. The molecule has 21 heavy (non-hydrogen) atoms. The van der Waals surface area contributed by atoms with Crippen molar-refractivity contribution in [2.75, 3.05) is 19.8 Å². The van der Waals surface area contributed by atoms with Gasteiger partial charge >= 0.3 is 5.97 Å². The molecule has 0 bridgehead atoms. The van der Waals surface area contributed by atoms with Gasteiger partial charge in [0, 0.05) is 0 Å². The molecule has 2 rings (SSSR count). The SMILES string of the molecule is C=Cc1ccc(CC(C(=O)OCC)C2(C)OCCO2)cc1. The van der Waals surface area contributed by atoms with E-state index in [-0.39, 0.29) is 5.97 Å². The van der Waals surface area contributed by atoms with Gasteiger partial charge in [0.05, 0.1) is 19.8 Å². The first-order chi connectivity index (χ1) is 10.1. The third-order valence-electron chi connectivity index (χ3n) is 3.72. The zero-order valence-corrected chi connectivity index (χ0v) is 12.6. The smallest absolute Gasteiger partial charge is 0.314 e. The number of hydrogen-bond acceptors (Lipinski definition) is 4. The first-order valence-electron chi connectivity index (χ1n) is 7.25. The third kappa shape index (κ3) is 3.71. The Bertz CT molecular complexity index is 486. The molecule has 0 aliphatic carbocycles. The van der Waals surface area contributed by atoms with Gasteiger partial charge in [0.15, 0.2) is 5.79 Å². The van der Waals surface area contributed by atoms with E-state index in [2.05, 4.69) is 6.58 Å². The summed E-state index contributed by atoms with van der Waals surface area (Å²) in [5, 5.41) is 0. The maximum Gasteiger partial charge on any atom is 0.314 e. The number of esters is 1. The molecule has 0 radical (unpaired) electrons. The van der Waals surface area contributed by atoms with Gasteiger partial charge in [-0.2, -0.15) is 0 Å². The van der Waals surface area contributed by atoms with Crippen molar-refractivity contribution in [3.63, 3.8) is 0 Å². The van der Waals surface area contributed by atoms with Crippen LogP contribution in [-0.4, -0.2) is 31.6 Å². The van der Waals surface area contributed by atoms with Crippen LogP contribution in [0, 0.1) is 5.92 Å². The summed E-state index contributed by atoms with van der Waals surface area (Å²) in [6.45, 7) is 8.69. The van der Waals surface area contributed by atoms with E-state index in [1.54, 1.807) is 19.9 Å². The first-order valence-corrected chi connectivity index (χ1v) is 7.25. The lowest BCUT2D eigenvalue weighted by Crippen LogP contribution is -2.43. The summed E-state index contributed by atoms with van der Waals surface area (Å²) in [5.41, 5.74) is 2.09. The minimum Gasteiger partial charge on any atom is -0.466 e. The number of hydrogen-bond donors (Lipinski definition) is 0. The minimum atomic E-state index is -0.913. The molecule has 1 atom stereocenters. The molecule has 1 saturated heterocycles. The zero-order valence-electron chi connectivity index (χ0n) is 12.6.